The van der Waals surface area contributed by atoms with Crippen LogP contribution in [0.2, 0.25) is 0 Å². The Morgan fingerprint density at radius 1 is 1.50 bits per heavy atom. The molecule has 0 aromatic carbocycles. The Kier molecular flexibility index (Phi) is 3.49. The first-order chi connectivity index (χ1) is 7.40. The number of hydrogen-bond acceptors (Lipinski definition) is 3. The molecule has 2 unspecified atom stereocenters. The van der Waals surface area contributed by atoms with Crippen molar-refractivity contribution in [2.75, 3.05) is 6.61 Å². The SMILES string of the molecule is CCOC1(C)C=CC(C(=O)O)=CC1C(=O)O. The summed E-state index contributed by atoms with van der Waals surface area (Å²) in [6.45, 7) is 3.75. The molecule has 1 aliphatic rings. The summed E-state index contributed by atoms with van der Waals surface area (Å²) in [4.78, 5) is 21.8. The summed E-state index contributed by atoms with van der Waals surface area (Å²) in [5, 5.41) is 17.8. The highest BCUT2D eigenvalue weighted by Gasteiger charge is 2.39. The fraction of sp³-hybridized carbons (Fsp3) is 0.455. The van der Waals surface area contributed by atoms with E-state index >= 15 is 0 Å². The molecule has 0 amide bonds. The topological polar surface area (TPSA) is 83.8 Å². The normalized spacial score (nSPS) is 28.6. The molecule has 0 aromatic rings. The molecule has 0 aromatic heterocycles. The quantitative estimate of drug-likeness (QED) is 0.748. The maximum atomic E-state index is 11.1. The second-order valence-corrected chi connectivity index (χ2v) is 3.69. The Balaban J connectivity index is 3.07. The lowest BCUT2D eigenvalue weighted by molar-refractivity contribution is -0.148. The van der Waals surface area contributed by atoms with Crippen molar-refractivity contribution in [1.82, 2.24) is 0 Å². The van der Waals surface area contributed by atoms with Crippen molar-refractivity contribution in [1.29, 1.82) is 0 Å². The summed E-state index contributed by atoms with van der Waals surface area (Å²) < 4.78 is 5.37. The minimum absolute atomic E-state index is 0.0235. The van der Waals surface area contributed by atoms with Gasteiger partial charge >= 0.3 is 11.9 Å². The monoisotopic (exact) mass is 226 g/mol. The Hall–Kier alpha value is -1.62. The Bertz CT molecular complexity index is 369. The number of carboxylic acid groups (broad SMARTS) is 2. The molecule has 0 saturated carbocycles. The average Bonchev–Trinajstić information content (AvgIpc) is 2.17. The van der Waals surface area contributed by atoms with Gasteiger partial charge in [-0.3, -0.25) is 4.79 Å². The molecule has 0 saturated heterocycles. The fourth-order valence-electron chi connectivity index (χ4n) is 1.67. The summed E-state index contributed by atoms with van der Waals surface area (Å²) in [5.41, 5.74) is -1.01. The van der Waals surface area contributed by atoms with E-state index in [1.54, 1.807) is 13.8 Å². The number of rotatable bonds is 4. The van der Waals surface area contributed by atoms with E-state index in [2.05, 4.69) is 0 Å². The van der Waals surface area contributed by atoms with Gasteiger partial charge in [-0.05, 0) is 19.9 Å². The molecule has 5 heteroatoms. The van der Waals surface area contributed by atoms with Crippen molar-refractivity contribution in [3.63, 3.8) is 0 Å². The van der Waals surface area contributed by atoms with E-state index in [0.717, 1.165) is 0 Å². The van der Waals surface area contributed by atoms with E-state index in [0.29, 0.717) is 6.61 Å². The number of ether oxygens (including phenoxy) is 1. The number of carboxylic acids is 2. The second-order valence-electron chi connectivity index (χ2n) is 3.69. The first kappa shape index (κ1) is 12.4. The van der Waals surface area contributed by atoms with Crippen LogP contribution in [0.3, 0.4) is 0 Å². The lowest BCUT2D eigenvalue weighted by Crippen LogP contribution is -2.41. The molecule has 2 N–H and O–H groups in total. The highest BCUT2D eigenvalue weighted by atomic mass is 16.5. The van der Waals surface area contributed by atoms with Crippen LogP contribution in [0, 0.1) is 5.92 Å². The predicted molar refractivity (Wildman–Crippen MR) is 56.0 cm³/mol. The maximum absolute atomic E-state index is 11.1. The van der Waals surface area contributed by atoms with Crippen molar-refractivity contribution < 1.29 is 24.5 Å². The average molecular weight is 226 g/mol. The number of carbonyl (C=O) groups is 2. The maximum Gasteiger partial charge on any atom is 0.335 e. The van der Waals surface area contributed by atoms with E-state index < -0.39 is 23.5 Å². The van der Waals surface area contributed by atoms with E-state index in [-0.39, 0.29) is 5.57 Å². The number of hydrogen-bond donors (Lipinski definition) is 2. The molecular weight excluding hydrogens is 212 g/mol. The van der Waals surface area contributed by atoms with Crippen LogP contribution in [0.1, 0.15) is 13.8 Å². The number of aliphatic carboxylic acids is 2. The van der Waals surface area contributed by atoms with Gasteiger partial charge in [-0.2, -0.15) is 0 Å². The van der Waals surface area contributed by atoms with Crippen LogP contribution >= 0.6 is 0 Å². The van der Waals surface area contributed by atoms with Crippen molar-refractivity contribution in [3.8, 4) is 0 Å². The van der Waals surface area contributed by atoms with Crippen LogP contribution in [0.4, 0.5) is 0 Å². The van der Waals surface area contributed by atoms with Crippen LogP contribution < -0.4 is 0 Å². The molecule has 0 radical (unpaired) electrons. The van der Waals surface area contributed by atoms with Gasteiger partial charge < -0.3 is 14.9 Å². The molecule has 88 valence electrons. The molecule has 1 aliphatic carbocycles. The van der Waals surface area contributed by atoms with Crippen LogP contribution in [-0.2, 0) is 14.3 Å². The summed E-state index contributed by atoms with van der Waals surface area (Å²) >= 11 is 0. The molecule has 0 aliphatic heterocycles. The molecule has 0 heterocycles. The summed E-state index contributed by atoms with van der Waals surface area (Å²) in [6, 6.07) is 0. The van der Waals surface area contributed by atoms with Gasteiger partial charge in [0.05, 0.1) is 5.57 Å². The van der Waals surface area contributed by atoms with Crippen molar-refractivity contribution in [2.45, 2.75) is 19.4 Å². The van der Waals surface area contributed by atoms with E-state index in [1.165, 1.54) is 18.2 Å². The Morgan fingerprint density at radius 3 is 2.56 bits per heavy atom. The molecule has 2 atom stereocenters. The van der Waals surface area contributed by atoms with Crippen molar-refractivity contribution in [2.24, 2.45) is 5.92 Å². The first-order valence-corrected chi connectivity index (χ1v) is 4.92. The Labute approximate surface area is 93.0 Å². The minimum Gasteiger partial charge on any atom is -0.481 e. The lowest BCUT2D eigenvalue weighted by Gasteiger charge is -2.32. The van der Waals surface area contributed by atoms with Gasteiger partial charge in [0.15, 0.2) is 0 Å². The minimum atomic E-state index is -1.14. The van der Waals surface area contributed by atoms with E-state index in [1.807, 2.05) is 0 Å². The summed E-state index contributed by atoms with van der Waals surface area (Å²) in [5.74, 6) is -3.22. The highest BCUT2D eigenvalue weighted by molar-refractivity contribution is 5.92. The molecule has 16 heavy (non-hydrogen) atoms. The molecule has 0 bridgehead atoms. The summed E-state index contributed by atoms with van der Waals surface area (Å²) in [6.07, 6.45) is 4.07. The second kappa shape index (κ2) is 4.49. The van der Waals surface area contributed by atoms with Gasteiger partial charge in [0.2, 0.25) is 0 Å². The zero-order valence-corrected chi connectivity index (χ0v) is 9.14. The third-order valence-electron chi connectivity index (χ3n) is 2.53. The van der Waals surface area contributed by atoms with Gasteiger partial charge in [0.25, 0.3) is 0 Å². The smallest absolute Gasteiger partial charge is 0.335 e. The van der Waals surface area contributed by atoms with Crippen LogP contribution in [0.25, 0.3) is 0 Å². The Morgan fingerprint density at radius 2 is 2.12 bits per heavy atom. The molecular formula is C11H14O5. The third-order valence-corrected chi connectivity index (χ3v) is 2.53. The fourth-order valence-corrected chi connectivity index (χ4v) is 1.67. The first-order valence-electron chi connectivity index (χ1n) is 4.92. The van der Waals surface area contributed by atoms with Gasteiger partial charge in [-0.25, -0.2) is 4.79 Å². The molecule has 0 fully saturated rings. The lowest BCUT2D eigenvalue weighted by atomic mass is 9.82. The predicted octanol–water partition coefficient (Wildman–Crippen LogP) is 1.06. The third kappa shape index (κ3) is 2.30. The van der Waals surface area contributed by atoms with Gasteiger partial charge in [-0.1, -0.05) is 12.2 Å². The van der Waals surface area contributed by atoms with Crippen LogP contribution in [0.15, 0.2) is 23.8 Å². The van der Waals surface area contributed by atoms with Crippen LogP contribution in [-0.4, -0.2) is 34.4 Å². The molecule has 0 spiro atoms. The standard InChI is InChI=1S/C11H14O5/c1-3-16-11(2)5-4-7(9(12)13)6-8(11)10(14)15/h4-6,8H,3H2,1-2H3,(H,12,13)(H,14,15). The highest BCUT2D eigenvalue weighted by Crippen LogP contribution is 2.30. The molecule has 1 rings (SSSR count). The van der Waals surface area contributed by atoms with Crippen molar-refractivity contribution in [3.05, 3.63) is 23.8 Å². The zero-order chi connectivity index (χ0) is 12.3. The van der Waals surface area contributed by atoms with E-state index in [4.69, 9.17) is 14.9 Å². The summed E-state index contributed by atoms with van der Waals surface area (Å²) in [7, 11) is 0. The van der Waals surface area contributed by atoms with Gasteiger partial charge in [0.1, 0.15) is 11.5 Å². The van der Waals surface area contributed by atoms with Gasteiger partial charge in [-0.15, -0.1) is 0 Å². The van der Waals surface area contributed by atoms with Crippen LogP contribution in [0.5, 0.6) is 0 Å². The van der Waals surface area contributed by atoms with Crippen molar-refractivity contribution >= 4 is 11.9 Å². The van der Waals surface area contributed by atoms with E-state index in [9.17, 15) is 9.59 Å². The zero-order valence-electron chi connectivity index (χ0n) is 9.14. The van der Waals surface area contributed by atoms with Gasteiger partial charge in [0, 0.05) is 6.61 Å². The molecule has 5 nitrogen and oxygen atoms in total. The largest absolute Gasteiger partial charge is 0.481 e.